The first-order valence-corrected chi connectivity index (χ1v) is 6.61. The Balaban J connectivity index is 2.69. The van der Waals surface area contributed by atoms with Gasteiger partial charge in [0.2, 0.25) is 0 Å². The van der Waals surface area contributed by atoms with Crippen LogP contribution in [0.25, 0.3) is 0 Å². The highest BCUT2D eigenvalue weighted by Crippen LogP contribution is 2.48. The van der Waals surface area contributed by atoms with Crippen molar-refractivity contribution in [1.29, 1.82) is 0 Å². The van der Waals surface area contributed by atoms with Crippen LogP contribution in [-0.4, -0.2) is 17.5 Å². The second-order valence-corrected chi connectivity index (χ2v) is 6.01. The lowest BCUT2D eigenvalue weighted by Gasteiger charge is -2.21. The molecule has 2 nitrogen and oxygen atoms in total. The van der Waals surface area contributed by atoms with Crippen LogP contribution in [0.1, 0.15) is 59.3 Å². The standard InChI is InChI=1S/C16H22O2/c1-9-8-13-11(3)16(4,5)15(18)14(13)10(2)12(9)6-7-17/h8,11,17H,6-7H2,1-5H3. The monoisotopic (exact) mass is 246 g/mol. The Morgan fingerprint density at radius 3 is 2.50 bits per heavy atom. The van der Waals surface area contributed by atoms with Crippen molar-refractivity contribution in [3.63, 3.8) is 0 Å². The number of fused-ring (bicyclic) bond motifs is 1. The number of ketones is 1. The molecule has 1 unspecified atom stereocenters. The van der Waals surface area contributed by atoms with E-state index < -0.39 is 0 Å². The van der Waals surface area contributed by atoms with Gasteiger partial charge in [0.15, 0.2) is 5.78 Å². The number of aryl methyl sites for hydroxylation is 1. The first kappa shape index (κ1) is 13.3. The fourth-order valence-corrected chi connectivity index (χ4v) is 3.10. The lowest BCUT2D eigenvalue weighted by molar-refractivity contribution is 0.0840. The lowest BCUT2D eigenvalue weighted by atomic mass is 9.80. The molecule has 98 valence electrons. The molecule has 0 radical (unpaired) electrons. The Kier molecular flexibility index (Phi) is 3.10. The number of carbonyl (C=O) groups excluding carboxylic acids is 1. The summed E-state index contributed by atoms with van der Waals surface area (Å²) in [5.41, 5.74) is 5.18. The summed E-state index contributed by atoms with van der Waals surface area (Å²) in [7, 11) is 0. The van der Waals surface area contributed by atoms with Crippen LogP contribution >= 0.6 is 0 Å². The second-order valence-electron chi connectivity index (χ2n) is 6.01. The van der Waals surface area contributed by atoms with Crippen molar-refractivity contribution in [2.24, 2.45) is 5.41 Å². The predicted molar refractivity (Wildman–Crippen MR) is 73.2 cm³/mol. The highest BCUT2D eigenvalue weighted by atomic mass is 16.3. The van der Waals surface area contributed by atoms with Gasteiger partial charge in [-0.05, 0) is 48.4 Å². The zero-order valence-electron chi connectivity index (χ0n) is 11.9. The fourth-order valence-electron chi connectivity index (χ4n) is 3.10. The van der Waals surface area contributed by atoms with Crippen LogP contribution in [0.5, 0.6) is 0 Å². The molecular weight excluding hydrogens is 224 g/mol. The maximum Gasteiger partial charge on any atom is 0.169 e. The topological polar surface area (TPSA) is 37.3 Å². The third-order valence-electron chi connectivity index (χ3n) is 4.69. The number of benzene rings is 1. The minimum absolute atomic E-state index is 0.133. The van der Waals surface area contributed by atoms with Crippen LogP contribution in [0.3, 0.4) is 0 Å². The first-order valence-electron chi connectivity index (χ1n) is 6.61. The molecule has 0 aliphatic heterocycles. The largest absolute Gasteiger partial charge is 0.396 e. The van der Waals surface area contributed by atoms with Crippen molar-refractivity contribution in [2.45, 2.75) is 47.0 Å². The molecule has 0 spiro atoms. The Bertz CT molecular complexity index is 512. The number of hydrogen-bond donors (Lipinski definition) is 1. The first-order chi connectivity index (χ1) is 8.32. The maximum atomic E-state index is 12.6. The van der Waals surface area contributed by atoms with Gasteiger partial charge in [0.1, 0.15) is 0 Å². The quantitative estimate of drug-likeness (QED) is 0.870. The molecule has 1 aliphatic rings. The van der Waals surface area contributed by atoms with Crippen molar-refractivity contribution in [3.8, 4) is 0 Å². The van der Waals surface area contributed by atoms with Crippen LogP contribution in [-0.2, 0) is 6.42 Å². The molecule has 2 heteroatoms. The maximum absolute atomic E-state index is 12.6. The summed E-state index contributed by atoms with van der Waals surface area (Å²) in [4.78, 5) is 12.6. The molecular formula is C16H22O2. The molecule has 1 atom stereocenters. The van der Waals surface area contributed by atoms with Crippen LogP contribution in [0.2, 0.25) is 0 Å². The van der Waals surface area contributed by atoms with Gasteiger partial charge >= 0.3 is 0 Å². The van der Waals surface area contributed by atoms with E-state index in [2.05, 4.69) is 19.9 Å². The molecule has 0 fully saturated rings. The van der Waals surface area contributed by atoms with Gasteiger partial charge in [-0.1, -0.05) is 26.8 Å². The van der Waals surface area contributed by atoms with Crippen LogP contribution in [0.15, 0.2) is 6.07 Å². The normalized spacial score (nSPS) is 21.2. The van der Waals surface area contributed by atoms with E-state index in [4.69, 9.17) is 5.11 Å². The molecule has 0 amide bonds. The van der Waals surface area contributed by atoms with E-state index in [0.29, 0.717) is 6.42 Å². The molecule has 1 aromatic carbocycles. The van der Waals surface area contributed by atoms with Crippen molar-refractivity contribution < 1.29 is 9.90 Å². The Labute approximate surface area is 109 Å². The number of Topliss-reactive ketones (excluding diaryl/α,β-unsaturated/α-hetero) is 1. The summed E-state index contributed by atoms with van der Waals surface area (Å²) in [6, 6.07) is 2.14. The van der Waals surface area contributed by atoms with Gasteiger partial charge in [0.05, 0.1) is 0 Å². The number of aliphatic hydroxyl groups excluding tert-OH is 1. The predicted octanol–water partition coefficient (Wildman–Crippen LogP) is 3.16. The number of hydrogen-bond acceptors (Lipinski definition) is 2. The van der Waals surface area contributed by atoms with Crippen LogP contribution in [0.4, 0.5) is 0 Å². The third-order valence-corrected chi connectivity index (χ3v) is 4.69. The van der Waals surface area contributed by atoms with Crippen molar-refractivity contribution >= 4 is 5.78 Å². The van der Waals surface area contributed by atoms with Crippen molar-refractivity contribution in [2.75, 3.05) is 6.61 Å². The van der Waals surface area contributed by atoms with Gasteiger partial charge in [-0.15, -0.1) is 0 Å². The summed E-state index contributed by atoms with van der Waals surface area (Å²) in [5, 5.41) is 9.15. The van der Waals surface area contributed by atoms with Gasteiger partial charge < -0.3 is 5.11 Å². The highest BCUT2D eigenvalue weighted by Gasteiger charge is 2.44. The van der Waals surface area contributed by atoms with E-state index in [9.17, 15) is 4.79 Å². The van der Waals surface area contributed by atoms with E-state index >= 15 is 0 Å². The smallest absolute Gasteiger partial charge is 0.169 e. The van der Waals surface area contributed by atoms with Gasteiger partial charge in [-0.2, -0.15) is 0 Å². The van der Waals surface area contributed by atoms with E-state index in [0.717, 1.165) is 16.7 Å². The molecule has 1 N–H and O–H groups in total. The molecule has 0 heterocycles. The average molecular weight is 246 g/mol. The number of aliphatic hydroxyl groups is 1. The summed E-state index contributed by atoms with van der Waals surface area (Å²) < 4.78 is 0. The molecule has 0 saturated heterocycles. The minimum Gasteiger partial charge on any atom is -0.396 e. The summed E-state index contributed by atoms with van der Waals surface area (Å²) in [5.74, 6) is 0.516. The average Bonchev–Trinajstić information content (AvgIpc) is 2.46. The summed E-state index contributed by atoms with van der Waals surface area (Å²) in [6.45, 7) is 10.4. The summed E-state index contributed by atoms with van der Waals surface area (Å²) in [6.07, 6.45) is 0.632. The van der Waals surface area contributed by atoms with Crippen LogP contribution < -0.4 is 0 Å². The van der Waals surface area contributed by atoms with E-state index in [1.165, 1.54) is 11.1 Å². The highest BCUT2D eigenvalue weighted by molar-refractivity contribution is 6.06. The molecule has 0 saturated carbocycles. The van der Waals surface area contributed by atoms with Gasteiger partial charge in [0, 0.05) is 17.6 Å². The van der Waals surface area contributed by atoms with Crippen LogP contribution in [0, 0.1) is 19.3 Å². The summed E-state index contributed by atoms with van der Waals surface area (Å²) >= 11 is 0. The van der Waals surface area contributed by atoms with Gasteiger partial charge in [-0.25, -0.2) is 0 Å². The van der Waals surface area contributed by atoms with Crippen molar-refractivity contribution in [1.82, 2.24) is 0 Å². The van der Waals surface area contributed by atoms with Gasteiger partial charge in [0.25, 0.3) is 0 Å². The molecule has 1 aliphatic carbocycles. The molecule has 0 bridgehead atoms. The molecule has 18 heavy (non-hydrogen) atoms. The Morgan fingerprint density at radius 2 is 1.94 bits per heavy atom. The second kappa shape index (κ2) is 4.20. The molecule has 1 aromatic rings. The van der Waals surface area contributed by atoms with E-state index in [1.54, 1.807) is 0 Å². The Morgan fingerprint density at radius 1 is 1.33 bits per heavy atom. The van der Waals surface area contributed by atoms with E-state index in [1.807, 2.05) is 20.8 Å². The number of carbonyl (C=O) groups is 1. The SMILES string of the molecule is Cc1cc2c(c(C)c1CCO)C(=O)C(C)(C)C2C. The lowest BCUT2D eigenvalue weighted by Crippen LogP contribution is -2.22. The third kappa shape index (κ3) is 1.63. The zero-order chi connectivity index (χ0) is 13.7. The minimum atomic E-state index is -0.308. The van der Waals surface area contributed by atoms with E-state index in [-0.39, 0.29) is 23.7 Å². The Hall–Kier alpha value is -1.15. The number of rotatable bonds is 2. The molecule has 2 rings (SSSR count). The zero-order valence-corrected chi connectivity index (χ0v) is 11.9. The molecule has 0 aromatic heterocycles. The fraction of sp³-hybridized carbons (Fsp3) is 0.562. The van der Waals surface area contributed by atoms with Gasteiger partial charge in [-0.3, -0.25) is 4.79 Å². The van der Waals surface area contributed by atoms with Crippen molar-refractivity contribution in [3.05, 3.63) is 33.9 Å².